The number of rotatable bonds is 5. The molecule has 0 amide bonds. The molecule has 0 aliphatic carbocycles. The molecule has 10 heteroatoms. The van der Waals surface area contributed by atoms with Gasteiger partial charge in [0.2, 0.25) is 0 Å². The zero-order valence-corrected chi connectivity index (χ0v) is 13.5. The highest BCUT2D eigenvalue weighted by Gasteiger charge is 2.58. The Balaban J connectivity index is 2.36. The minimum atomic E-state index is -2.28. The Labute approximate surface area is 137 Å². The summed E-state index contributed by atoms with van der Waals surface area (Å²) in [6.07, 6.45) is -2.79. The predicted octanol–water partition coefficient (Wildman–Crippen LogP) is 0.230. The standard InChI is InChI=1S/C14H20FN3O6/c1-7(2)11(20)24-10-8(6-19)23-12(14(10,3)15)18-5-4-9(17-22)16-13(18)21/h4-5,7-8,10,12,19,22H,6H2,1-3H3,(H,16,17,21)/t8-,10-,12-,14-/m1/s1. The lowest BCUT2D eigenvalue weighted by Crippen LogP contribution is -2.46. The van der Waals surface area contributed by atoms with Crippen LogP contribution in [0.25, 0.3) is 0 Å². The van der Waals surface area contributed by atoms with E-state index in [-0.39, 0.29) is 5.82 Å². The average Bonchev–Trinajstić information content (AvgIpc) is 2.78. The first kappa shape index (κ1) is 18.3. The van der Waals surface area contributed by atoms with E-state index in [1.807, 2.05) is 0 Å². The predicted molar refractivity (Wildman–Crippen MR) is 79.1 cm³/mol. The van der Waals surface area contributed by atoms with E-state index in [1.54, 1.807) is 19.3 Å². The first-order chi connectivity index (χ1) is 11.2. The Bertz CT molecular complexity index is 662. The van der Waals surface area contributed by atoms with Crippen molar-refractivity contribution in [1.29, 1.82) is 0 Å². The summed E-state index contributed by atoms with van der Waals surface area (Å²) in [7, 11) is 0. The molecule has 0 aromatic carbocycles. The minimum Gasteiger partial charge on any atom is -0.456 e. The Morgan fingerprint density at radius 3 is 2.79 bits per heavy atom. The molecule has 9 nitrogen and oxygen atoms in total. The number of anilines is 1. The van der Waals surface area contributed by atoms with Crippen LogP contribution in [-0.2, 0) is 14.3 Å². The number of ether oxygens (including phenoxy) is 2. The number of aliphatic hydroxyl groups is 1. The Morgan fingerprint density at radius 1 is 1.62 bits per heavy atom. The van der Waals surface area contributed by atoms with E-state index in [0.717, 1.165) is 11.5 Å². The Hall–Kier alpha value is -2.04. The van der Waals surface area contributed by atoms with Crippen LogP contribution >= 0.6 is 0 Å². The van der Waals surface area contributed by atoms with Gasteiger partial charge in [-0.25, -0.2) is 9.18 Å². The molecule has 1 aromatic rings. The number of halogens is 1. The molecule has 2 heterocycles. The van der Waals surface area contributed by atoms with Crippen LogP contribution in [0.5, 0.6) is 0 Å². The van der Waals surface area contributed by atoms with Crippen molar-refractivity contribution in [2.45, 2.75) is 44.9 Å². The highest BCUT2D eigenvalue weighted by atomic mass is 19.1. The van der Waals surface area contributed by atoms with Gasteiger partial charge in [-0.15, -0.1) is 0 Å². The van der Waals surface area contributed by atoms with Gasteiger partial charge >= 0.3 is 11.7 Å². The Morgan fingerprint density at radius 2 is 2.29 bits per heavy atom. The Kier molecular flexibility index (Phi) is 5.21. The van der Waals surface area contributed by atoms with Crippen LogP contribution < -0.4 is 11.2 Å². The number of aromatic nitrogens is 2. The molecule has 1 fully saturated rings. The number of esters is 1. The molecular formula is C14H20FN3O6. The van der Waals surface area contributed by atoms with Gasteiger partial charge in [-0.1, -0.05) is 13.8 Å². The van der Waals surface area contributed by atoms with Gasteiger partial charge in [-0.2, -0.15) is 4.98 Å². The number of carbonyl (C=O) groups is 1. The van der Waals surface area contributed by atoms with E-state index in [2.05, 4.69) is 4.98 Å². The van der Waals surface area contributed by atoms with Crippen molar-refractivity contribution in [3.8, 4) is 0 Å². The van der Waals surface area contributed by atoms with E-state index in [4.69, 9.17) is 14.7 Å². The molecule has 1 saturated heterocycles. The topological polar surface area (TPSA) is 123 Å². The lowest BCUT2D eigenvalue weighted by Gasteiger charge is -2.28. The van der Waals surface area contributed by atoms with Gasteiger partial charge in [0.15, 0.2) is 23.8 Å². The fourth-order valence-corrected chi connectivity index (χ4v) is 2.46. The first-order valence-corrected chi connectivity index (χ1v) is 7.37. The van der Waals surface area contributed by atoms with Gasteiger partial charge in [0.25, 0.3) is 0 Å². The van der Waals surface area contributed by atoms with Gasteiger partial charge in [-0.3, -0.25) is 20.0 Å². The van der Waals surface area contributed by atoms with Crippen molar-refractivity contribution in [1.82, 2.24) is 9.55 Å². The van der Waals surface area contributed by atoms with Crippen LogP contribution in [0.1, 0.15) is 27.0 Å². The summed E-state index contributed by atoms with van der Waals surface area (Å²) in [4.78, 5) is 27.3. The SMILES string of the molecule is CC(C)C(=O)O[C@@H]1[C@@H](CO)O[C@@H](n2ccc(NO)nc2=O)[C@]1(C)F. The van der Waals surface area contributed by atoms with Gasteiger partial charge in [0, 0.05) is 6.20 Å². The number of nitrogens with zero attached hydrogens (tertiary/aromatic N) is 2. The molecule has 0 bridgehead atoms. The highest BCUT2D eigenvalue weighted by molar-refractivity contribution is 5.71. The molecule has 0 spiro atoms. The highest BCUT2D eigenvalue weighted by Crippen LogP contribution is 2.42. The smallest absolute Gasteiger partial charge is 0.351 e. The number of nitrogens with one attached hydrogen (secondary N) is 1. The number of aliphatic hydroxyl groups excluding tert-OH is 1. The second-order valence-corrected chi connectivity index (χ2v) is 5.99. The van der Waals surface area contributed by atoms with Gasteiger partial charge in [0.1, 0.15) is 6.10 Å². The van der Waals surface area contributed by atoms with Crippen molar-refractivity contribution >= 4 is 11.8 Å². The maximum atomic E-state index is 15.3. The average molecular weight is 345 g/mol. The number of carbonyl (C=O) groups excluding carboxylic acids is 1. The largest absolute Gasteiger partial charge is 0.456 e. The van der Waals surface area contributed by atoms with E-state index >= 15 is 4.39 Å². The van der Waals surface area contributed by atoms with Gasteiger partial charge < -0.3 is 14.6 Å². The van der Waals surface area contributed by atoms with Crippen LogP contribution in [0.15, 0.2) is 17.1 Å². The zero-order valence-electron chi connectivity index (χ0n) is 13.5. The van der Waals surface area contributed by atoms with Crippen molar-refractivity contribution < 1.29 is 29.0 Å². The molecule has 1 aliphatic rings. The first-order valence-electron chi connectivity index (χ1n) is 7.37. The van der Waals surface area contributed by atoms with Crippen molar-refractivity contribution in [2.24, 2.45) is 5.92 Å². The molecule has 4 atom stereocenters. The fourth-order valence-electron chi connectivity index (χ4n) is 2.46. The molecule has 134 valence electrons. The van der Waals surface area contributed by atoms with Crippen LogP contribution in [0, 0.1) is 5.92 Å². The van der Waals surface area contributed by atoms with E-state index in [0.29, 0.717) is 0 Å². The summed E-state index contributed by atoms with van der Waals surface area (Å²) in [5.41, 5.74) is -1.45. The third kappa shape index (κ3) is 3.25. The quantitative estimate of drug-likeness (QED) is 0.512. The van der Waals surface area contributed by atoms with Crippen molar-refractivity contribution in [3.63, 3.8) is 0 Å². The van der Waals surface area contributed by atoms with E-state index < -0.39 is 48.3 Å². The van der Waals surface area contributed by atoms with Crippen molar-refractivity contribution in [3.05, 3.63) is 22.7 Å². The fraction of sp³-hybridized carbons (Fsp3) is 0.643. The molecule has 1 aliphatic heterocycles. The molecule has 0 unspecified atom stereocenters. The lowest BCUT2D eigenvalue weighted by molar-refractivity contribution is -0.162. The summed E-state index contributed by atoms with van der Waals surface area (Å²) in [5, 5.41) is 18.1. The van der Waals surface area contributed by atoms with Crippen LogP contribution in [-0.4, -0.2) is 50.3 Å². The summed E-state index contributed by atoms with van der Waals surface area (Å²) < 4.78 is 26.7. The van der Waals surface area contributed by atoms with E-state index in [9.17, 15) is 14.7 Å². The molecule has 24 heavy (non-hydrogen) atoms. The second kappa shape index (κ2) is 6.83. The monoisotopic (exact) mass is 345 g/mol. The number of alkyl halides is 1. The molecule has 2 rings (SSSR count). The summed E-state index contributed by atoms with van der Waals surface area (Å²) in [6.45, 7) is 3.71. The second-order valence-electron chi connectivity index (χ2n) is 5.99. The summed E-state index contributed by atoms with van der Waals surface area (Å²) >= 11 is 0. The maximum absolute atomic E-state index is 15.3. The normalized spacial score (nSPS) is 29.7. The maximum Gasteiger partial charge on any atom is 0.351 e. The summed E-state index contributed by atoms with van der Waals surface area (Å²) in [6, 6.07) is 1.24. The third-order valence-electron chi connectivity index (χ3n) is 3.77. The van der Waals surface area contributed by atoms with Crippen LogP contribution in [0.2, 0.25) is 0 Å². The lowest BCUT2D eigenvalue weighted by atomic mass is 9.98. The van der Waals surface area contributed by atoms with Gasteiger partial charge in [-0.05, 0) is 13.0 Å². The van der Waals surface area contributed by atoms with Crippen molar-refractivity contribution in [2.75, 3.05) is 12.1 Å². The molecule has 0 radical (unpaired) electrons. The van der Waals surface area contributed by atoms with Crippen LogP contribution in [0.3, 0.4) is 0 Å². The summed E-state index contributed by atoms with van der Waals surface area (Å²) in [5.74, 6) is -1.24. The molecule has 1 aromatic heterocycles. The molecular weight excluding hydrogens is 325 g/mol. The number of hydrogen-bond donors (Lipinski definition) is 3. The number of hydrogen-bond acceptors (Lipinski definition) is 8. The van der Waals surface area contributed by atoms with Gasteiger partial charge in [0.05, 0.1) is 12.5 Å². The molecule has 0 saturated carbocycles. The zero-order chi connectivity index (χ0) is 18.1. The minimum absolute atomic E-state index is 0.115. The third-order valence-corrected chi connectivity index (χ3v) is 3.77. The molecule has 3 N–H and O–H groups in total. The van der Waals surface area contributed by atoms with E-state index in [1.165, 1.54) is 12.3 Å². The van der Waals surface area contributed by atoms with Crippen LogP contribution in [0.4, 0.5) is 10.2 Å².